The molecule has 6 nitrogen and oxygen atoms in total. The molecule has 0 bridgehead atoms. The third-order valence-corrected chi connectivity index (χ3v) is 4.70. The Bertz CT molecular complexity index is 671. The Morgan fingerprint density at radius 3 is 2.70 bits per heavy atom. The first-order valence-corrected chi connectivity index (χ1v) is 8.84. The molecule has 23 heavy (non-hydrogen) atoms. The van der Waals surface area contributed by atoms with Crippen LogP contribution in [-0.2, 0) is 20.7 Å². The number of hydrogen-bond acceptors (Lipinski definition) is 7. The number of ether oxygens (including phenoxy) is 1. The minimum atomic E-state index is -0.294. The van der Waals surface area contributed by atoms with Gasteiger partial charge in [0.25, 0.3) is 0 Å². The molecule has 122 valence electrons. The molecule has 0 aliphatic rings. The quantitative estimate of drug-likeness (QED) is 0.469. The largest absolute Gasteiger partial charge is 0.465 e. The van der Waals surface area contributed by atoms with Gasteiger partial charge in [-0.25, -0.2) is 0 Å². The lowest BCUT2D eigenvalue weighted by molar-refractivity contribution is -0.139. The number of hydrogen-bond donors (Lipinski definition) is 1. The number of nitrogens with zero attached hydrogens (tertiary/aromatic N) is 2. The highest BCUT2D eigenvalue weighted by Gasteiger charge is 2.11. The molecule has 0 radical (unpaired) electrons. The van der Waals surface area contributed by atoms with Crippen LogP contribution < -0.4 is 5.32 Å². The monoisotopic (exact) mass is 351 g/mol. The summed E-state index contributed by atoms with van der Waals surface area (Å²) in [6.45, 7) is 4.12. The highest BCUT2D eigenvalue weighted by Crippen LogP contribution is 2.25. The second-order valence-corrected chi connectivity index (χ2v) is 6.88. The average molecular weight is 351 g/mol. The zero-order valence-corrected chi connectivity index (χ0v) is 14.5. The molecular weight excluding hydrogens is 334 g/mol. The highest BCUT2D eigenvalue weighted by atomic mass is 32.2. The van der Waals surface area contributed by atoms with Gasteiger partial charge in [0, 0.05) is 0 Å². The van der Waals surface area contributed by atoms with Crippen LogP contribution in [0.15, 0.2) is 28.6 Å². The molecule has 0 saturated carbocycles. The number of nitrogens with one attached hydrogen (secondary N) is 1. The number of thioether (sulfide) groups is 1. The predicted molar refractivity (Wildman–Crippen MR) is 90.8 cm³/mol. The number of esters is 1. The van der Waals surface area contributed by atoms with Gasteiger partial charge in [-0.15, -0.1) is 10.2 Å². The van der Waals surface area contributed by atoms with Crippen molar-refractivity contribution < 1.29 is 14.3 Å². The molecule has 1 heterocycles. The van der Waals surface area contributed by atoms with Crippen LogP contribution in [0.4, 0.5) is 5.13 Å². The number of aromatic nitrogens is 2. The summed E-state index contributed by atoms with van der Waals surface area (Å²) in [4.78, 5) is 23.2. The standard InChI is InChI=1S/C15H17N3O3S2/c1-3-21-13(20)9-22-15-18-17-14(23-15)16-12(19)8-11-6-4-10(2)5-7-11/h4-7H,3,8-9H2,1-2H3,(H,16,17,19). The Hall–Kier alpha value is -1.93. The number of rotatable bonds is 7. The van der Waals surface area contributed by atoms with Crippen molar-refractivity contribution in [2.75, 3.05) is 17.7 Å². The first-order valence-electron chi connectivity index (χ1n) is 7.04. The summed E-state index contributed by atoms with van der Waals surface area (Å²) in [5.41, 5.74) is 2.09. The minimum Gasteiger partial charge on any atom is -0.465 e. The number of anilines is 1. The number of aryl methyl sites for hydroxylation is 1. The second kappa shape index (κ2) is 8.64. The fourth-order valence-electron chi connectivity index (χ4n) is 1.70. The van der Waals surface area contributed by atoms with Gasteiger partial charge in [0.15, 0.2) is 4.34 Å². The van der Waals surface area contributed by atoms with Crippen molar-refractivity contribution in [2.24, 2.45) is 0 Å². The van der Waals surface area contributed by atoms with Gasteiger partial charge < -0.3 is 10.1 Å². The summed E-state index contributed by atoms with van der Waals surface area (Å²) in [5, 5.41) is 11.0. The Labute approximate surface area is 142 Å². The van der Waals surface area contributed by atoms with Crippen molar-refractivity contribution in [3.63, 3.8) is 0 Å². The van der Waals surface area contributed by atoms with Crippen molar-refractivity contribution in [2.45, 2.75) is 24.6 Å². The molecule has 0 aliphatic heterocycles. The van der Waals surface area contributed by atoms with Crippen LogP contribution in [0.1, 0.15) is 18.1 Å². The van der Waals surface area contributed by atoms with E-state index >= 15 is 0 Å². The normalized spacial score (nSPS) is 10.3. The van der Waals surface area contributed by atoms with Crippen molar-refractivity contribution in [3.8, 4) is 0 Å². The van der Waals surface area contributed by atoms with E-state index in [4.69, 9.17) is 4.74 Å². The Kier molecular flexibility index (Phi) is 6.54. The maximum Gasteiger partial charge on any atom is 0.316 e. The maximum absolute atomic E-state index is 12.0. The zero-order valence-electron chi connectivity index (χ0n) is 12.9. The van der Waals surface area contributed by atoms with Crippen LogP contribution >= 0.6 is 23.1 Å². The summed E-state index contributed by atoms with van der Waals surface area (Å²) >= 11 is 2.48. The van der Waals surface area contributed by atoms with E-state index < -0.39 is 0 Å². The van der Waals surface area contributed by atoms with Gasteiger partial charge in [0.2, 0.25) is 11.0 Å². The molecule has 1 aromatic heterocycles. The average Bonchev–Trinajstić information content (AvgIpc) is 2.95. The first-order chi connectivity index (χ1) is 11.1. The minimum absolute atomic E-state index is 0.146. The Balaban J connectivity index is 1.82. The van der Waals surface area contributed by atoms with Gasteiger partial charge in [-0.2, -0.15) is 0 Å². The van der Waals surface area contributed by atoms with Gasteiger partial charge in [-0.1, -0.05) is 52.9 Å². The summed E-state index contributed by atoms with van der Waals surface area (Å²) in [7, 11) is 0. The van der Waals surface area contributed by atoms with Gasteiger partial charge >= 0.3 is 5.97 Å². The van der Waals surface area contributed by atoms with Crippen molar-refractivity contribution in [3.05, 3.63) is 35.4 Å². The van der Waals surface area contributed by atoms with Gasteiger partial charge in [0.1, 0.15) is 0 Å². The highest BCUT2D eigenvalue weighted by molar-refractivity contribution is 8.01. The van der Waals surface area contributed by atoms with E-state index in [1.54, 1.807) is 6.92 Å². The molecule has 8 heteroatoms. The van der Waals surface area contributed by atoms with Crippen molar-refractivity contribution in [1.29, 1.82) is 0 Å². The molecule has 0 fully saturated rings. The number of amides is 1. The van der Waals surface area contributed by atoms with E-state index in [0.29, 0.717) is 16.1 Å². The van der Waals surface area contributed by atoms with E-state index in [1.807, 2.05) is 31.2 Å². The van der Waals surface area contributed by atoms with Crippen LogP contribution in [0.3, 0.4) is 0 Å². The lowest BCUT2D eigenvalue weighted by atomic mass is 10.1. The molecule has 0 aliphatic carbocycles. The molecule has 1 amide bonds. The maximum atomic E-state index is 12.0. The van der Waals surface area contributed by atoms with E-state index in [2.05, 4.69) is 15.5 Å². The summed E-state index contributed by atoms with van der Waals surface area (Å²) in [5.74, 6) is -0.260. The zero-order chi connectivity index (χ0) is 16.7. The molecule has 1 aromatic carbocycles. The fraction of sp³-hybridized carbons (Fsp3) is 0.333. The van der Waals surface area contributed by atoms with E-state index in [-0.39, 0.29) is 24.1 Å². The molecular formula is C15H17N3O3S2. The van der Waals surface area contributed by atoms with E-state index in [0.717, 1.165) is 11.1 Å². The van der Waals surface area contributed by atoms with Crippen LogP contribution in [0, 0.1) is 6.92 Å². The van der Waals surface area contributed by atoms with Gasteiger partial charge in [-0.05, 0) is 19.4 Å². The van der Waals surface area contributed by atoms with Crippen molar-refractivity contribution in [1.82, 2.24) is 10.2 Å². The first kappa shape index (κ1) is 17.4. The van der Waals surface area contributed by atoms with Crippen LogP contribution in [0.5, 0.6) is 0 Å². The lowest BCUT2D eigenvalue weighted by Gasteiger charge is -2.02. The molecule has 1 N–H and O–H groups in total. The topological polar surface area (TPSA) is 81.2 Å². The lowest BCUT2D eigenvalue weighted by Crippen LogP contribution is -2.14. The Morgan fingerprint density at radius 2 is 2.00 bits per heavy atom. The molecule has 0 atom stereocenters. The summed E-state index contributed by atoms with van der Waals surface area (Å²) in [6, 6.07) is 7.79. The molecule has 0 unspecified atom stereocenters. The fourth-order valence-corrected chi connectivity index (χ4v) is 3.26. The van der Waals surface area contributed by atoms with Crippen LogP contribution in [0.2, 0.25) is 0 Å². The predicted octanol–water partition coefficient (Wildman–Crippen LogP) is 2.68. The number of carbonyl (C=O) groups excluding carboxylic acids is 2. The molecule has 0 spiro atoms. The smallest absolute Gasteiger partial charge is 0.316 e. The molecule has 0 saturated heterocycles. The van der Waals surface area contributed by atoms with E-state index in [9.17, 15) is 9.59 Å². The van der Waals surface area contributed by atoms with Crippen molar-refractivity contribution >= 4 is 40.1 Å². The Morgan fingerprint density at radius 1 is 1.26 bits per heavy atom. The number of carbonyl (C=O) groups is 2. The van der Waals surface area contributed by atoms with Gasteiger partial charge in [-0.3, -0.25) is 9.59 Å². The summed E-state index contributed by atoms with van der Waals surface area (Å²) in [6.07, 6.45) is 0.283. The second-order valence-electron chi connectivity index (χ2n) is 4.68. The van der Waals surface area contributed by atoms with Gasteiger partial charge in [0.05, 0.1) is 18.8 Å². The van der Waals surface area contributed by atoms with E-state index in [1.165, 1.54) is 23.1 Å². The molecule has 2 aromatic rings. The SMILES string of the molecule is CCOC(=O)CSc1nnc(NC(=O)Cc2ccc(C)cc2)s1. The van der Waals surface area contributed by atoms with Crippen LogP contribution in [-0.4, -0.2) is 34.4 Å². The third-order valence-electron chi connectivity index (χ3n) is 2.76. The van der Waals surface area contributed by atoms with Crippen LogP contribution in [0.25, 0.3) is 0 Å². The third kappa shape index (κ3) is 5.99. The summed E-state index contributed by atoms with van der Waals surface area (Å²) < 4.78 is 5.45. The number of benzene rings is 1. The molecule has 2 rings (SSSR count).